The van der Waals surface area contributed by atoms with Crippen molar-refractivity contribution >= 4 is 40.0 Å². The lowest BCUT2D eigenvalue weighted by Crippen LogP contribution is -2.37. The van der Waals surface area contributed by atoms with E-state index >= 15 is 0 Å². The van der Waals surface area contributed by atoms with Gasteiger partial charge in [-0.1, -0.05) is 35.6 Å². The molecule has 1 radical (unpaired) electrons. The Morgan fingerprint density at radius 1 is 1.41 bits per heavy atom. The zero-order chi connectivity index (χ0) is 13.9. The number of rotatable bonds is 7. The summed E-state index contributed by atoms with van der Waals surface area (Å²) in [6.45, 7) is 6.04. The Bertz CT molecular complexity index is 366. The highest BCUT2D eigenvalue weighted by atomic mass is 79.9. The van der Waals surface area contributed by atoms with Crippen molar-refractivity contribution < 1.29 is 17.8 Å². The van der Waals surface area contributed by atoms with Crippen LogP contribution in [0, 0.1) is 0 Å². The maximum Gasteiger partial charge on any atom is 0.268 e. The first-order valence-corrected chi connectivity index (χ1v) is 11.4. The van der Waals surface area contributed by atoms with Crippen LogP contribution < -0.4 is 5.73 Å². The molecule has 1 amide bonds. The maximum absolute atomic E-state index is 11.3. The SMILES string of the molecule is C[Si](C)(C)CC(C(Br)CCC([NH])=O)S(=O)(=O)O. The smallest absolute Gasteiger partial charge is 0.268 e. The summed E-state index contributed by atoms with van der Waals surface area (Å²) in [6.07, 6.45) is 0.241. The molecule has 0 aliphatic rings. The largest absolute Gasteiger partial charge is 0.285 e. The first-order chi connectivity index (χ1) is 7.43. The lowest BCUT2D eigenvalue weighted by Gasteiger charge is -2.25. The number of amides is 1. The molecule has 17 heavy (non-hydrogen) atoms. The van der Waals surface area contributed by atoms with Gasteiger partial charge in [-0.15, -0.1) is 0 Å². The lowest BCUT2D eigenvalue weighted by molar-refractivity contribution is -0.118. The summed E-state index contributed by atoms with van der Waals surface area (Å²) in [4.78, 5) is 10.1. The molecule has 0 heterocycles. The van der Waals surface area contributed by atoms with E-state index in [9.17, 15) is 17.8 Å². The third kappa shape index (κ3) is 7.90. The van der Waals surface area contributed by atoms with E-state index in [4.69, 9.17) is 5.73 Å². The highest BCUT2D eigenvalue weighted by molar-refractivity contribution is 9.09. The van der Waals surface area contributed by atoms with Crippen LogP contribution in [-0.2, 0) is 14.9 Å². The molecule has 0 aliphatic heterocycles. The average Bonchev–Trinajstić information content (AvgIpc) is 2.07. The minimum Gasteiger partial charge on any atom is -0.285 e. The van der Waals surface area contributed by atoms with E-state index in [0.29, 0.717) is 6.04 Å². The summed E-state index contributed by atoms with van der Waals surface area (Å²) in [5.41, 5.74) is 6.78. The van der Waals surface area contributed by atoms with Crippen molar-refractivity contribution in [2.24, 2.45) is 0 Å². The minimum absolute atomic E-state index is 0.00631. The second-order valence-corrected chi connectivity index (χ2v) is 13.6. The zero-order valence-corrected chi connectivity index (χ0v) is 13.6. The van der Waals surface area contributed by atoms with Gasteiger partial charge in [-0.2, -0.15) is 8.42 Å². The van der Waals surface area contributed by atoms with Crippen LogP contribution >= 0.6 is 15.9 Å². The second-order valence-electron chi connectivity index (χ2n) is 5.30. The summed E-state index contributed by atoms with van der Waals surface area (Å²) in [5, 5.41) is -0.895. The minimum atomic E-state index is -4.13. The van der Waals surface area contributed by atoms with Crippen molar-refractivity contribution in [3.63, 3.8) is 0 Å². The predicted octanol–water partition coefficient (Wildman–Crippen LogP) is 1.93. The van der Waals surface area contributed by atoms with Gasteiger partial charge in [0.1, 0.15) is 0 Å². The highest BCUT2D eigenvalue weighted by Crippen LogP contribution is 2.26. The third-order valence-corrected chi connectivity index (χ3v) is 6.91. The molecule has 0 fully saturated rings. The summed E-state index contributed by atoms with van der Waals surface area (Å²) >= 11 is 3.21. The van der Waals surface area contributed by atoms with Gasteiger partial charge in [0, 0.05) is 19.3 Å². The third-order valence-electron chi connectivity index (χ3n) is 2.25. The van der Waals surface area contributed by atoms with E-state index in [0.717, 1.165) is 0 Å². The van der Waals surface area contributed by atoms with Crippen LogP contribution in [0.3, 0.4) is 0 Å². The molecular weight excluding hydrogens is 326 g/mol. The van der Waals surface area contributed by atoms with Crippen molar-refractivity contribution in [1.82, 2.24) is 5.73 Å². The van der Waals surface area contributed by atoms with Gasteiger partial charge in [-0.3, -0.25) is 15.1 Å². The number of nitrogens with one attached hydrogen (secondary N) is 1. The monoisotopic (exact) mass is 344 g/mol. The van der Waals surface area contributed by atoms with Gasteiger partial charge < -0.3 is 0 Å². The molecule has 0 bridgehead atoms. The quantitative estimate of drug-likeness (QED) is 0.433. The second kappa shape index (κ2) is 6.30. The van der Waals surface area contributed by atoms with Gasteiger partial charge in [-0.25, -0.2) is 0 Å². The topological polar surface area (TPSA) is 95.2 Å². The Hall–Kier alpha value is 0.0769. The predicted molar refractivity (Wildman–Crippen MR) is 73.5 cm³/mol. The van der Waals surface area contributed by atoms with Crippen LogP contribution in [0.15, 0.2) is 0 Å². The van der Waals surface area contributed by atoms with Gasteiger partial charge in [0.2, 0.25) is 5.91 Å². The zero-order valence-electron chi connectivity index (χ0n) is 10.2. The molecule has 0 rings (SSSR count). The molecule has 0 aliphatic carbocycles. The van der Waals surface area contributed by atoms with Crippen LogP contribution in [0.2, 0.25) is 25.7 Å². The van der Waals surface area contributed by atoms with Gasteiger partial charge in [-0.05, 0) is 12.5 Å². The number of carbonyl (C=O) groups is 1. The Morgan fingerprint density at radius 2 is 1.88 bits per heavy atom. The van der Waals surface area contributed by atoms with Crippen LogP contribution in [0.4, 0.5) is 0 Å². The van der Waals surface area contributed by atoms with E-state index < -0.39 is 34.2 Å². The fourth-order valence-corrected chi connectivity index (χ4v) is 7.40. The number of halogens is 1. The summed E-state index contributed by atoms with van der Waals surface area (Å²) < 4.78 is 31.8. The Labute approximate surface area is 112 Å². The van der Waals surface area contributed by atoms with E-state index in [-0.39, 0.29) is 12.8 Å². The first kappa shape index (κ1) is 17.1. The van der Waals surface area contributed by atoms with Crippen molar-refractivity contribution in [2.45, 2.75) is 48.6 Å². The standard InChI is InChI=1S/C9H19BrNO4SSi/c1-17(2,3)6-8(16(13,14)15)7(10)4-5-9(11)12/h7-8,11H,4-6H2,1-3H3,(H,13,14,15). The van der Waals surface area contributed by atoms with Crippen LogP contribution in [0.5, 0.6) is 0 Å². The molecule has 0 saturated carbocycles. The molecule has 2 N–H and O–H groups in total. The summed E-state index contributed by atoms with van der Waals surface area (Å²) in [7, 11) is -5.78. The van der Waals surface area contributed by atoms with Gasteiger partial charge >= 0.3 is 0 Å². The molecule has 0 aromatic rings. The Balaban J connectivity index is 4.76. The van der Waals surface area contributed by atoms with Crippen molar-refractivity contribution in [3.8, 4) is 0 Å². The van der Waals surface area contributed by atoms with Gasteiger partial charge in [0.15, 0.2) is 0 Å². The van der Waals surface area contributed by atoms with E-state index in [1.807, 2.05) is 19.6 Å². The maximum atomic E-state index is 11.3. The van der Waals surface area contributed by atoms with E-state index in [1.165, 1.54) is 0 Å². The average molecular weight is 345 g/mol. The molecule has 0 aromatic carbocycles. The Kier molecular flexibility index (Phi) is 6.33. The van der Waals surface area contributed by atoms with Crippen molar-refractivity contribution in [1.29, 1.82) is 0 Å². The normalized spacial score (nSPS) is 16.5. The molecule has 5 nitrogen and oxygen atoms in total. The number of carbonyl (C=O) groups excluding carboxylic acids is 1. The highest BCUT2D eigenvalue weighted by Gasteiger charge is 2.34. The summed E-state index contributed by atoms with van der Waals surface area (Å²) in [6, 6.07) is 0.425. The number of alkyl halides is 1. The van der Waals surface area contributed by atoms with Crippen LogP contribution in [-0.4, -0.2) is 37.0 Å². The van der Waals surface area contributed by atoms with Crippen LogP contribution in [0.25, 0.3) is 0 Å². The first-order valence-electron chi connectivity index (χ1n) is 5.28. The molecule has 2 unspecified atom stereocenters. The molecule has 0 saturated heterocycles. The molecular formula is C9H19BrNO4SSi. The van der Waals surface area contributed by atoms with Crippen LogP contribution in [0.1, 0.15) is 12.8 Å². The molecule has 101 valence electrons. The lowest BCUT2D eigenvalue weighted by atomic mass is 10.2. The molecule has 8 heteroatoms. The fourth-order valence-electron chi connectivity index (χ4n) is 1.48. The van der Waals surface area contributed by atoms with Crippen molar-refractivity contribution in [2.75, 3.05) is 0 Å². The van der Waals surface area contributed by atoms with E-state index in [2.05, 4.69) is 15.9 Å². The van der Waals surface area contributed by atoms with E-state index in [1.54, 1.807) is 0 Å². The Morgan fingerprint density at radius 3 is 2.18 bits per heavy atom. The number of hydrogen-bond acceptors (Lipinski definition) is 3. The summed E-state index contributed by atoms with van der Waals surface area (Å²) in [5.74, 6) is -0.725. The molecule has 2 atom stereocenters. The number of hydrogen-bond donors (Lipinski definition) is 1. The molecule has 0 spiro atoms. The van der Waals surface area contributed by atoms with Gasteiger partial charge in [0.25, 0.3) is 10.1 Å². The van der Waals surface area contributed by atoms with Gasteiger partial charge in [0.05, 0.1) is 5.25 Å². The molecule has 0 aromatic heterocycles. The van der Waals surface area contributed by atoms with Crippen molar-refractivity contribution in [3.05, 3.63) is 0 Å². The fraction of sp³-hybridized carbons (Fsp3) is 0.889.